The Labute approximate surface area is 108 Å². The number of hydrogen-bond donors (Lipinski definition) is 1. The summed E-state index contributed by atoms with van der Waals surface area (Å²) in [5.74, 6) is 1.02. The Morgan fingerprint density at radius 2 is 2.06 bits per heavy atom. The molecule has 6 heteroatoms. The van der Waals surface area contributed by atoms with E-state index in [9.17, 15) is 0 Å². The van der Waals surface area contributed by atoms with Gasteiger partial charge in [-0.05, 0) is 20.3 Å². The van der Waals surface area contributed by atoms with Crippen LogP contribution in [0.3, 0.4) is 0 Å². The highest BCUT2D eigenvalue weighted by Crippen LogP contribution is 2.15. The summed E-state index contributed by atoms with van der Waals surface area (Å²) in [7, 11) is 0. The van der Waals surface area contributed by atoms with E-state index in [2.05, 4.69) is 10.1 Å². The molecule has 1 rings (SSSR count). The summed E-state index contributed by atoms with van der Waals surface area (Å²) in [5.41, 5.74) is 5.39. The Morgan fingerprint density at radius 1 is 1.28 bits per heavy atom. The highest BCUT2D eigenvalue weighted by atomic mass is 16.5. The van der Waals surface area contributed by atoms with Gasteiger partial charge in [0, 0.05) is 13.2 Å². The minimum Gasteiger partial charge on any atom is -0.381 e. The maximum absolute atomic E-state index is 6.11. The summed E-state index contributed by atoms with van der Waals surface area (Å²) < 4.78 is 15.8. The smallest absolute Gasteiger partial charge is 0.229 e. The van der Waals surface area contributed by atoms with E-state index in [-0.39, 0.29) is 0 Å². The van der Waals surface area contributed by atoms with Crippen LogP contribution in [0.5, 0.6) is 0 Å². The van der Waals surface area contributed by atoms with Crippen LogP contribution in [0.1, 0.15) is 38.9 Å². The average molecular weight is 257 g/mol. The normalized spacial score (nSPS) is 14.7. The average Bonchev–Trinajstić information content (AvgIpc) is 2.79. The predicted molar refractivity (Wildman–Crippen MR) is 67.1 cm³/mol. The van der Waals surface area contributed by atoms with Crippen molar-refractivity contribution in [1.82, 2.24) is 10.1 Å². The molecule has 1 unspecified atom stereocenters. The van der Waals surface area contributed by atoms with Crippen molar-refractivity contribution in [3.05, 3.63) is 11.7 Å². The van der Waals surface area contributed by atoms with E-state index in [0.29, 0.717) is 44.6 Å². The van der Waals surface area contributed by atoms with Crippen molar-refractivity contribution in [1.29, 1.82) is 0 Å². The molecule has 1 heterocycles. The molecule has 0 amide bonds. The van der Waals surface area contributed by atoms with Crippen LogP contribution in [-0.4, -0.2) is 36.6 Å². The second-order valence-electron chi connectivity index (χ2n) is 4.43. The third-order valence-corrected chi connectivity index (χ3v) is 2.39. The summed E-state index contributed by atoms with van der Waals surface area (Å²) in [6.45, 7) is 8.15. The van der Waals surface area contributed by atoms with E-state index in [1.165, 1.54) is 0 Å². The summed E-state index contributed by atoms with van der Waals surface area (Å²) in [6.07, 6.45) is 1.56. The third kappa shape index (κ3) is 4.72. The Balaban J connectivity index is 2.49. The number of aromatic nitrogens is 2. The molecule has 1 aromatic rings. The molecule has 0 aromatic carbocycles. The van der Waals surface area contributed by atoms with Gasteiger partial charge in [-0.25, -0.2) is 0 Å². The fraction of sp³-hybridized carbons (Fsp3) is 0.833. The minimum atomic E-state index is -0.720. The molecule has 0 aliphatic heterocycles. The van der Waals surface area contributed by atoms with Crippen LogP contribution in [0, 0.1) is 0 Å². The number of nitrogens with zero attached hydrogens (tertiary/aromatic N) is 2. The van der Waals surface area contributed by atoms with Gasteiger partial charge in [-0.15, -0.1) is 0 Å². The maximum Gasteiger partial charge on any atom is 0.229 e. The lowest BCUT2D eigenvalue weighted by molar-refractivity contribution is 0.0867. The highest BCUT2D eigenvalue weighted by Gasteiger charge is 2.27. The summed E-state index contributed by atoms with van der Waals surface area (Å²) in [5, 5.41) is 3.90. The van der Waals surface area contributed by atoms with Crippen molar-refractivity contribution in [2.75, 3.05) is 26.4 Å². The van der Waals surface area contributed by atoms with Crippen molar-refractivity contribution in [2.24, 2.45) is 5.73 Å². The zero-order valence-electron chi connectivity index (χ0n) is 11.4. The number of hydrogen-bond acceptors (Lipinski definition) is 6. The van der Waals surface area contributed by atoms with Gasteiger partial charge < -0.3 is 19.7 Å². The standard InChI is InChI=1S/C12H23N3O3/c1-4-7-17-9-12(3,13)11-14-10(18-15-11)6-8-16-5-2/h4-9,13H2,1-3H3. The maximum atomic E-state index is 6.11. The number of ether oxygens (including phenoxy) is 2. The van der Waals surface area contributed by atoms with Gasteiger partial charge in [0.25, 0.3) is 0 Å². The minimum absolute atomic E-state index is 0.380. The van der Waals surface area contributed by atoms with Crippen LogP contribution in [0.25, 0.3) is 0 Å². The Bertz CT molecular complexity index is 339. The SMILES string of the molecule is CCCOCC(C)(N)c1noc(CCOCC)n1. The molecule has 2 N–H and O–H groups in total. The Hall–Kier alpha value is -0.980. The molecule has 6 nitrogen and oxygen atoms in total. The first-order valence-corrected chi connectivity index (χ1v) is 6.37. The molecule has 0 aliphatic carbocycles. The van der Waals surface area contributed by atoms with Gasteiger partial charge in [-0.2, -0.15) is 4.98 Å². The molecule has 18 heavy (non-hydrogen) atoms. The first-order valence-electron chi connectivity index (χ1n) is 6.37. The van der Waals surface area contributed by atoms with Gasteiger partial charge in [-0.3, -0.25) is 0 Å². The largest absolute Gasteiger partial charge is 0.381 e. The molecule has 0 saturated heterocycles. The van der Waals surface area contributed by atoms with Crippen molar-refractivity contribution >= 4 is 0 Å². The van der Waals surface area contributed by atoms with Crippen LogP contribution < -0.4 is 5.73 Å². The zero-order valence-corrected chi connectivity index (χ0v) is 11.4. The topological polar surface area (TPSA) is 83.4 Å². The molecule has 1 atom stereocenters. The van der Waals surface area contributed by atoms with Gasteiger partial charge in [0.1, 0.15) is 5.54 Å². The Kier molecular flexibility index (Phi) is 6.24. The van der Waals surface area contributed by atoms with E-state index in [4.69, 9.17) is 19.7 Å². The third-order valence-electron chi connectivity index (χ3n) is 2.39. The van der Waals surface area contributed by atoms with E-state index in [0.717, 1.165) is 6.42 Å². The van der Waals surface area contributed by atoms with Gasteiger partial charge in [0.05, 0.1) is 19.6 Å². The highest BCUT2D eigenvalue weighted by molar-refractivity contribution is 5.01. The van der Waals surface area contributed by atoms with E-state index in [1.54, 1.807) is 0 Å². The van der Waals surface area contributed by atoms with Crippen molar-refractivity contribution in [3.63, 3.8) is 0 Å². The fourth-order valence-corrected chi connectivity index (χ4v) is 1.39. The van der Waals surface area contributed by atoms with Crippen LogP contribution >= 0.6 is 0 Å². The second-order valence-corrected chi connectivity index (χ2v) is 4.43. The van der Waals surface area contributed by atoms with Crippen LogP contribution in [-0.2, 0) is 21.4 Å². The fourth-order valence-electron chi connectivity index (χ4n) is 1.39. The molecule has 0 saturated carbocycles. The van der Waals surface area contributed by atoms with Gasteiger partial charge in [0.2, 0.25) is 5.89 Å². The van der Waals surface area contributed by atoms with E-state index < -0.39 is 5.54 Å². The summed E-state index contributed by atoms with van der Waals surface area (Å²) in [4.78, 5) is 4.27. The first-order chi connectivity index (χ1) is 8.60. The molecule has 104 valence electrons. The summed E-state index contributed by atoms with van der Waals surface area (Å²) >= 11 is 0. The van der Waals surface area contributed by atoms with Gasteiger partial charge in [-0.1, -0.05) is 12.1 Å². The first kappa shape index (κ1) is 15.1. The molecule has 0 aliphatic rings. The van der Waals surface area contributed by atoms with Crippen LogP contribution in [0.4, 0.5) is 0 Å². The van der Waals surface area contributed by atoms with Crippen LogP contribution in [0.15, 0.2) is 4.52 Å². The predicted octanol–water partition coefficient (Wildman–Crippen LogP) is 1.25. The zero-order chi connectivity index (χ0) is 13.4. The van der Waals surface area contributed by atoms with Gasteiger partial charge >= 0.3 is 0 Å². The molecule has 0 spiro atoms. The molecule has 0 bridgehead atoms. The van der Waals surface area contributed by atoms with Crippen molar-refractivity contribution < 1.29 is 14.0 Å². The number of nitrogens with two attached hydrogens (primary N) is 1. The van der Waals surface area contributed by atoms with Crippen LogP contribution in [0.2, 0.25) is 0 Å². The lowest BCUT2D eigenvalue weighted by atomic mass is 10.1. The van der Waals surface area contributed by atoms with Crippen molar-refractivity contribution in [2.45, 2.75) is 39.2 Å². The van der Waals surface area contributed by atoms with E-state index in [1.807, 2.05) is 20.8 Å². The Morgan fingerprint density at radius 3 is 2.72 bits per heavy atom. The second kappa shape index (κ2) is 7.45. The lowest BCUT2D eigenvalue weighted by Crippen LogP contribution is -2.39. The van der Waals surface area contributed by atoms with Crippen molar-refractivity contribution in [3.8, 4) is 0 Å². The molecule has 1 aromatic heterocycles. The molecule has 0 radical (unpaired) electrons. The molecular weight excluding hydrogens is 234 g/mol. The van der Waals surface area contributed by atoms with Gasteiger partial charge in [0.15, 0.2) is 5.82 Å². The quantitative estimate of drug-likeness (QED) is 0.670. The lowest BCUT2D eigenvalue weighted by Gasteiger charge is -2.19. The number of rotatable bonds is 9. The molecule has 0 fully saturated rings. The summed E-state index contributed by atoms with van der Waals surface area (Å²) in [6, 6.07) is 0. The molecular formula is C12H23N3O3. The van der Waals surface area contributed by atoms with E-state index >= 15 is 0 Å². The monoisotopic (exact) mass is 257 g/mol.